The lowest BCUT2D eigenvalue weighted by atomic mass is 10.0. The average molecular weight is 568 g/mol. The molecule has 5 rings (SSSR count). The number of halogens is 1. The summed E-state index contributed by atoms with van der Waals surface area (Å²) in [6.07, 6.45) is 1.94. The Morgan fingerprint density at radius 2 is 1.88 bits per heavy atom. The number of sulfonamides is 1. The molecule has 2 aliphatic rings. The number of aromatic nitrogens is 1. The highest BCUT2D eigenvalue weighted by Crippen LogP contribution is 2.35. The zero-order chi connectivity index (χ0) is 28.4. The second-order valence-corrected chi connectivity index (χ2v) is 12.4. The molecule has 2 aliphatic heterocycles. The van der Waals surface area contributed by atoms with E-state index in [-0.39, 0.29) is 29.8 Å². The molecule has 2 saturated heterocycles. The Kier molecular flexibility index (Phi) is 8.21. The van der Waals surface area contributed by atoms with Crippen LogP contribution in [0.15, 0.2) is 60.8 Å². The molecule has 0 radical (unpaired) electrons. The van der Waals surface area contributed by atoms with Crippen LogP contribution in [0.5, 0.6) is 5.75 Å². The summed E-state index contributed by atoms with van der Waals surface area (Å²) in [5, 5.41) is 0. The van der Waals surface area contributed by atoms with Gasteiger partial charge in [-0.05, 0) is 56.5 Å². The number of nitrogens with zero attached hydrogens (tertiary/aromatic N) is 3. The number of carbonyl (C=O) groups excluding carboxylic acids is 1. The third-order valence-electron chi connectivity index (χ3n) is 7.68. The van der Waals surface area contributed by atoms with E-state index in [1.165, 1.54) is 23.5 Å². The molecule has 0 saturated carbocycles. The number of hydrogen-bond acceptors (Lipinski definition) is 6. The van der Waals surface area contributed by atoms with Gasteiger partial charge in [0.15, 0.2) is 11.6 Å². The van der Waals surface area contributed by atoms with E-state index in [0.29, 0.717) is 37.2 Å². The molecule has 1 unspecified atom stereocenters. The van der Waals surface area contributed by atoms with Crippen LogP contribution in [0.1, 0.15) is 51.6 Å². The Hall–Kier alpha value is -3.34. The number of carbonyl (C=O) groups is 1. The van der Waals surface area contributed by atoms with Crippen LogP contribution < -0.4 is 4.74 Å². The SMILES string of the molecule is CO[C@@H]1CN(C(=O)c2cc(C)ccc2C)C[C@H]1Oc1cccc(CS(=O)(=O)N2CCCC2c2ccccn2)c1F. The Labute approximate surface area is 234 Å². The van der Waals surface area contributed by atoms with Gasteiger partial charge in [-0.3, -0.25) is 9.78 Å². The molecule has 2 aromatic carbocycles. The van der Waals surface area contributed by atoms with Gasteiger partial charge in [-0.1, -0.05) is 35.9 Å². The van der Waals surface area contributed by atoms with E-state index >= 15 is 4.39 Å². The highest BCUT2D eigenvalue weighted by molar-refractivity contribution is 7.88. The second kappa shape index (κ2) is 11.6. The van der Waals surface area contributed by atoms with E-state index in [9.17, 15) is 13.2 Å². The number of amides is 1. The molecule has 8 nitrogen and oxygen atoms in total. The summed E-state index contributed by atoms with van der Waals surface area (Å²) < 4.78 is 55.6. The molecule has 10 heteroatoms. The van der Waals surface area contributed by atoms with E-state index in [1.54, 1.807) is 23.2 Å². The standard InChI is InChI=1S/C30H34FN3O5S/c1-20-12-13-21(2)23(16-20)30(35)33-17-27(38-3)28(18-33)39-26-11-6-8-22(29(26)31)19-40(36,37)34-15-7-10-25(34)24-9-4-5-14-32-24/h4-6,8-9,11-14,16,25,27-28H,7,10,15,17-19H2,1-3H3/t25?,27-,28-/m1/s1. The van der Waals surface area contributed by atoms with Crippen LogP contribution >= 0.6 is 0 Å². The third kappa shape index (κ3) is 5.75. The molecule has 3 aromatic rings. The van der Waals surface area contributed by atoms with Crippen LogP contribution in [-0.4, -0.2) is 67.5 Å². The predicted octanol–water partition coefficient (Wildman–Crippen LogP) is 4.42. The highest BCUT2D eigenvalue weighted by Gasteiger charge is 2.39. The first kappa shape index (κ1) is 28.2. The zero-order valence-corrected chi connectivity index (χ0v) is 23.7. The summed E-state index contributed by atoms with van der Waals surface area (Å²) in [6, 6.07) is 15.3. The van der Waals surface area contributed by atoms with Crippen molar-refractivity contribution < 1.29 is 27.1 Å². The van der Waals surface area contributed by atoms with Gasteiger partial charge < -0.3 is 14.4 Å². The third-order valence-corrected chi connectivity index (χ3v) is 9.51. The maximum Gasteiger partial charge on any atom is 0.254 e. The van der Waals surface area contributed by atoms with E-state index < -0.39 is 33.8 Å². The summed E-state index contributed by atoms with van der Waals surface area (Å²) in [5.74, 6) is -1.42. The van der Waals surface area contributed by atoms with Crippen LogP contribution in [0, 0.1) is 19.7 Å². The number of pyridine rings is 1. The van der Waals surface area contributed by atoms with E-state index in [4.69, 9.17) is 9.47 Å². The molecule has 212 valence electrons. The van der Waals surface area contributed by atoms with Crippen LogP contribution in [0.25, 0.3) is 0 Å². The van der Waals surface area contributed by atoms with Gasteiger partial charge in [0.2, 0.25) is 10.0 Å². The van der Waals surface area contributed by atoms with Crippen molar-refractivity contribution in [3.63, 3.8) is 0 Å². The number of likely N-dealkylation sites (tertiary alicyclic amines) is 1. The first-order valence-corrected chi connectivity index (χ1v) is 15.0. The van der Waals surface area contributed by atoms with Gasteiger partial charge in [0.1, 0.15) is 12.2 Å². The van der Waals surface area contributed by atoms with Crippen LogP contribution in [0.4, 0.5) is 4.39 Å². The van der Waals surface area contributed by atoms with Crippen molar-refractivity contribution in [3.8, 4) is 5.75 Å². The highest BCUT2D eigenvalue weighted by atomic mass is 32.2. The smallest absolute Gasteiger partial charge is 0.254 e. The van der Waals surface area contributed by atoms with Gasteiger partial charge in [-0.25, -0.2) is 12.8 Å². The maximum absolute atomic E-state index is 15.7. The molecule has 3 heterocycles. The van der Waals surface area contributed by atoms with Crippen molar-refractivity contribution in [2.24, 2.45) is 0 Å². The molecular weight excluding hydrogens is 533 g/mol. The van der Waals surface area contributed by atoms with Crippen LogP contribution in [0.2, 0.25) is 0 Å². The van der Waals surface area contributed by atoms with Gasteiger partial charge in [0.25, 0.3) is 5.91 Å². The molecule has 2 fully saturated rings. The van der Waals surface area contributed by atoms with E-state index in [2.05, 4.69) is 4.98 Å². The van der Waals surface area contributed by atoms with E-state index in [0.717, 1.165) is 11.1 Å². The monoisotopic (exact) mass is 567 g/mol. The fraction of sp³-hybridized carbons (Fsp3) is 0.400. The summed E-state index contributed by atoms with van der Waals surface area (Å²) >= 11 is 0. The minimum atomic E-state index is -3.83. The number of ether oxygens (including phenoxy) is 2. The van der Waals surface area contributed by atoms with Crippen molar-refractivity contribution in [2.45, 2.75) is 50.7 Å². The quantitative estimate of drug-likeness (QED) is 0.400. The Morgan fingerprint density at radius 3 is 2.62 bits per heavy atom. The Balaban J connectivity index is 1.32. The van der Waals surface area contributed by atoms with Crippen molar-refractivity contribution in [2.75, 3.05) is 26.7 Å². The summed E-state index contributed by atoms with van der Waals surface area (Å²) in [4.78, 5) is 19.3. The number of hydrogen-bond donors (Lipinski definition) is 0. The van der Waals surface area contributed by atoms with Crippen molar-refractivity contribution in [1.82, 2.24) is 14.2 Å². The number of aryl methyl sites for hydroxylation is 2. The van der Waals surface area contributed by atoms with Gasteiger partial charge in [0.05, 0.1) is 30.6 Å². The Bertz CT molecular complexity index is 1480. The molecule has 0 N–H and O–H groups in total. The van der Waals surface area contributed by atoms with Gasteiger partial charge in [0, 0.05) is 31.0 Å². The average Bonchev–Trinajstić information content (AvgIpc) is 3.60. The molecule has 40 heavy (non-hydrogen) atoms. The minimum absolute atomic E-state index is 0.0273. The lowest BCUT2D eigenvalue weighted by Gasteiger charge is -2.24. The molecule has 1 aromatic heterocycles. The molecule has 0 aliphatic carbocycles. The fourth-order valence-electron chi connectivity index (χ4n) is 5.53. The zero-order valence-electron chi connectivity index (χ0n) is 22.9. The summed E-state index contributed by atoms with van der Waals surface area (Å²) in [6.45, 7) is 4.70. The largest absolute Gasteiger partial charge is 0.483 e. The fourth-order valence-corrected chi connectivity index (χ4v) is 7.32. The first-order valence-electron chi connectivity index (χ1n) is 13.4. The lowest BCUT2D eigenvalue weighted by Crippen LogP contribution is -2.33. The number of benzene rings is 2. The van der Waals surface area contributed by atoms with Crippen LogP contribution in [0.3, 0.4) is 0 Å². The molecule has 0 bridgehead atoms. The van der Waals surface area contributed by atoms with Crippen molar-refractivity contribution in [1.29, 1.82) is 0 Å². The molecular formula is C30H34FN3O5S. The number of methoxy groups -OCH3 is 1. The molecule has 3 atom stereocenters. The van der Waals surface area contributed by atoms with Gasteiger partial charge >= 0.3 is 0 Å². The van der Waals surface area contributed by atoms with Crippen LogP contribution in [-0.2, 0) is 20.5 Å². The van der Waals surface area contributed by atoms with Crippen molar-refractivity contribution in [3.05, 3.63) is 94.6 Å². The minimum Gasteiger partial charge on any atom is -0.483 e. The Morgan fingerprint density at radius 1 is 1.07 bits per heavy atom. The summed E-state index contributed by atoms with van der Waals surface area (Å²) in [7, 11) is -2.30. The van der Waals surface area contributed by atoms with Crippen molar-refractivity contribution >= 4 is 15.9 Å². The number of rotatable bonds is 8. The first-order chi connectivity index (χ1) is 19.2. The lowest BCUT2D eigenvalue weighted by molar-refractivity contribution is 0.0322. The van der Waals surface area contributed by atoms with E-state index in [1.807, 2.05) is 44.2 Å². The second-order valence-electron chi connectivity index (χ2n) is 10.5. The van der Waals surface area contributed by atoms with Gasteiger partial charge in [-0.2, -0.15) is 4.31 Å². The van der Waals surface area contributed by atoms with Gasteiger partial charge in [-0.15, -0.1) is 0 Å². The molecule has 1 amide bonds. The molecule has 0 spiro atoms. The predicted molar refractivity (Wildman–Crippen MR) is 149 cm³/mol. The normalized spacial score (nSPS) is 21.6. The topological polar surface area (TPSA) is 89.0 Å². The maximum atomic E-state index is 15.7. The summed E-state index contributed by atoms with van der Waals surface area (Å²) in [5.41, 5.74) is 3.18.